The van der Waals surface area contributed by atoms with Crippen molar-refractivity contribution in [3.05, 3.63) is 294 Å². The summed E-state index contributed by atoms with van der Waals surface area (Å²) >= 11 is 0. The molecule has 0 fully saturated rings. The first-order valence-corrected chi connectivity index (χ1v) is 31.2. The monoisotopic (exact) mass is 1240 g/mol. The molecule has 1 N–H and O–H groups in total. The van der Waals surface area contributed by atoms with Crippen LogP contribution in [0.4, 0.5) is 0 Å². The number of aromatic nitrogens is 11. The van der Waals surface area contributed by atoms with E-state index < -0.39 is 0 Å². The third-order valence-corrected chi connectivity index (χ3v) is 15.3. The van der Waals surface area contributed by atoms with Gasteiger partial charge in [-0.15, -0.1) is 0 Å². The van der Waals surface area contributed by atoms with Crippen LogP contribution < -0.4 is 0 Å². The molecule has 1 aliphatic carbocycles. The van der Waals surface area contributed by atoms with E-state index in [1.54, 1.807) is 24.9 Å². The van der Waals surface area contributed by atoms with E-state index in [1.807, 2.05) is 162 Å². The molecule has 0 unspecified atom stereocenters. The van der Waals surface area contributed by atoms with Crippen molar-refractivity contribution in [3.63, 3.8) is 0 Å². The zero-order valence-corrected chi connectivity index (χ0v) is 60.2. The maximum atomic E-state index is 4.08. The standard InChI is InChI=1S/C8H10.4C7H9N.C7H10.3C6H8N2.3C6H9N/c1-7-5-3-4-6-8(7)2;2*1-6-3-4-8-5-7(6)2;2*1-6-4-3-5-8-7(6)2;1-6-4-3-5-7(6)2;1-5-3-7-4-8-6(5)2;1-5-6(2)8-4-3-7-5;1-5-3-4-7-8-6(5)2;3*1-5-3-4-7-6(5)2/h3-6H,1-2H3;4*3-5H,1-2H3;3-4H,5H2,1-2H3;3*3-4H,1-2H3;2*4H,3H2,1-2H3;3-4,7H,1-2H3. The molecule has 488 valence electrons. The lowest BCUT2D eigenvalue weighted by Crippen LogP contribution is -1.87. The van der Waals surface area contributed by atoms with Crippen molar-refractivity contribution in [2.45, 2.75) is 185 Å². The summed E-state index contributed by atoms with van der Waals surface area (Å²) in [4.78, 5) is 43.1. The van der Waals surface area contributed by atoms with Gasteiger partial charge >= 0.3 is 0 Å². The Hall–Kier alpha value is -9.36. The predicted molar refractivity (Wildman–Crippen MR) is 391 cm³/mol. The van der Waals surface area contributed by atoms with E-state index in [-0.39, 0.29) is 0 Å². The Balaban J connectivity index is 0.000000502. The molecule has 0 spiro atoms. The molecule has 0 saturated heterocycles. The molecule has 0 radical (unpaired) electrons. The maximum Gasteiger partial charge on any atom is 0.115 e. The Morgan fingerprint density at radius 2 is 0.728 bits per heavy atom. The number of pyridine rings is 4. The first kappa shape index (κ1) is 80.7. The van der Waals surface area contributed by atoms with Crippen LogP contribution in [-0.4, -0.2) is 67.5 Å². The molecule has 0 amide bonds. The fourth-order valence-corrected chi connectivity index (χ4v) is 6.68. The highest BCUT2D eigenvalue weighted by molar-refractivity contribution is 5.67. The Kier molecular flexibility index (Phi) is 40.9. The Bertz CT molecular complexity index is 2960. The summed E-state index contributed by atoms with van der Waals surface area (Å²) in [7, 11) is 0. The highest BCUT2D eigenvalue weighted by Gasteiger charge is 1.99. The summed E-state index contributed by atoms with van der Waals surface area (Å²) in [5.74, 6) is 0. The number of aryl methyl sites for hydroxylation is 18. The Labute approximate surface area is 554 Å². The summed E-state index contributed by atoms with van der Waals surface area (Å²) in [5.41, 5.74) is 29.8. The van der Waals surface area contributed by atoms with E-state index in [0.717, 1.165) is 52.6 Å². The van der Waals surface area contributed by atoms with Gasteiger partial charge in [0.2, 0.25) is 0 Å². The average molecular weight is 1240 g/mol. The maximum absolute atomic E-state index is 4.08. The van der Waals surface area contributed by atoms with Crippen molar-refractivity contribution < 1.29 is 0 Å². The van der Waals surface area contributed by atoms with Crippen molar-refractivity contribution in [1.82, 2.24) is 55.1 Å². The molecule has 10 heterocycles. The van der Waals surface area contributed by atoms with E-state index in [4.69, 9.17) is 0 Å². The van der Waals surface area contributed by atoms with Gasteiger partial charge in [0.15, 0.2) is 0 Å². The molecule has 3 aliphatic rings. The number of H-pyrrole nitrogens is 1. The highest BCUT2D eigenvalue weighted by atomic mass is 15.1. The molecule has 1 aromatic carbocycles. The molecule has 2 aliphatic heterocycles. The SMILES string of the molecule is CC1=C(C)CC=C1.CC1=C(C)N=CC1.CC1=C(C)N=CC1.Cc1cc[nH]c1C.Cc1ccccc1C.Cc1cccnc1C.Cc1cccnc1C.Cc1ccncc1C.Cc1ccncc1C.Cc1ccnnc1C.Cc1cncnc1C.Cc1nccnc1C. The number of benzene rings is 1. The van der Waals surface area contributed by atoms with Crippen LogP contribution in [0.3, 0.4) is 0 Å². The lowest BCUT2D eigenvalue weighted by molar-refractivity contribution is 0.961. The minimum Gasteiger partial charge on any atom is -0.365 e. The second-order valence-corrected chi connectivity index (χ2v) is 22.8. The van der Waals surface area contributed by atoms with Gasteiger partial charge in [0.1, 0.15) is 6.33 Å². The van der Waals surface area contributed by atoms with Crippen LogP contribution in [0.5, 0.6) is 0 Å². The van der Waals surface area contributed by atoms with Gasteiger partial charge in [0.05, 0.1) is 17.1 Å². The van der Waals surface area contributed by atoms with E-state index >= 15 is 0 Å². The third kappa shape index (κ3) is 36.3. The van der Waals surface area contributed by atoms with Crippen molar-refractivity contribution >= 4 is 12.4 Å². The first-order valence-electron chi connectivity index (χ1n) is 31.2. The molecule has 0 atom stereocenters. The zero-order valence-electron chi connectivity index (χ0n) is 60.2. The van der Waals surface area contributed by atoms with Crippen LogP contribution in [0.25, 0.3) is 0 Å². The molecule has 0 bridgehead atoms. The van der Waals surface area contributed by atoms with Gasteiger partial charge in [0, 0.05) is 128 Å². The first-order chi connectivity index (χ1) is 43.7. The molecule has 0 saturated carbocycles. The van der Waals surface area contributed by atoms with Crippen molar-refractivity contribution in [2.75, 3.05) is 0 Å². The molecule has 13 nitrogen and oxygen atoms in total. The molecule has 13 heteroatoms. The molecular formula is C79H107N13. The fourth-order valence-electron chi connectivity index (χ4n) is 6.68. The highest BCUT2D eigenvalue weighted by Crippen LogP contribution is 2.16. The second kappa shape index (κ2) is 46.7. The van der Waals surface area contributed by atoms with E-state index in [0.29, 0.717) is 0 Å². The minimum atomic E-state index is 1.01. The summed E-state index contributed by atoms with van der Waals surface area (Å²) in [6, 6.07) is 24.4. The van der Waals surface area contributed by atoms with Crippen molar-refractivity contribution in [2.24, 2.45) is 9.98 Å². The van der Waals surface area contributed by atoms with Crippen LogP contribution in [-0.2, 0) is 0 Å². The number of rotatable bonds is 0. The smallest absolute Gasteiger partial charge is 0.115 e. The number of aromatic amines is 1. The van der Waals surface area contributed by atoms with Gasteiger partial charge in [-0.2, -0.15) is 10.2 Å². The molecule has 9 aromatic rings. The average Bonchev–Trinajstić information content (AvgIpc) is 4.56. The zero-order chi connectivity index (χ0) is 69.0. The largest absolute Gasteiger partial charge is 0.365 e. The van der Waals surface area contributed by atoms with E-state index in [2.05, 4.69) is 217 Å². The summed E-state index contributed by atoms with van der Waals surface area (Å²) < 4.78 is 0. The lowest BCUT2D eigenvalue weighted by atomic mass is 10.1. The number of hydrogen-bond acceptors (Lipinski definition) is 12. The van der Waals surface area contributed by atoms with Crippen molar-refractivity contribution in [1.29, 1.82) is 0 Å². The van der Waals surface area contributed by atoms with Gasteiger partial charge in [0.25, 0.3) is 0 Å². The van der Waals surface area contributed by atoms with Crippen LogP contribution in [0.15, 0.2) is 203 Å². The number of nitrogens with zero attached hydrogens (tertiary/aromatic N) is 12. The lowest BCUT2D eigenvalue weighted by Gasteiger charge is -1.93. The Morgan fingerprint density at radius 3 is 0.935 bits per heavy atom. The van der Waals surface area contributed by atoms with Gasteiger partial charge in [-0.05, 0) is 281 Å². The third-order valence-electron chi connectivity index (χ3n) is 15.3. The van der Waals surface area contributed by atoms with E-state index in [9.17, 15) is 0 Å². The van der Waals surface area contributed by atoms with Crippen LogP contribution in [0, 0.1) is 125 Å². The Morgan fingerprint density at radius 1 is 0.315 bits per heavy atom. The minimum absolute atomic E-state index is 1.01. The number of aliphatic imine (C=N–C) groups is 2. The number of hydrogen-bond donors (Lipinski definition) is 1. The normalized spacial score (nSPS) is 11.5. The quantitative estimate of drug-likeness (QED) is 0.154. The molecule has 12 rings (SSSR count). The second-order valence-electron chi connectivity index (χ2n) is 22.8. The van der Waals surface area contributed by atoms with Crippen molar-refractivity contribution in [3.8, 4) is 0 Å². The van der Waals surface area contributed by atoms with E-state index in [1.165, 1.54) is 101 Å². The van der Waals surface area contributed by atoms with Gasteiger partial charge in [-0.3, -0.25) is 39.9 Å². The van der Waals surface area contributed by atoms with Crippen LogP contribution in [0.1, 0.15) is 162 Å². The topological polar surface area (TPSA) is 169 Å². The van der Waals surface area contributed by atoms with Gasteiger partial charge in [-0.1, -0.05) is 59.7 Å². The number of nitrogens with one attached hydrogen (secondary N) is 1. The van der Waals surface area contributed by atoms with Crippen LogP contribution in [0.2, 0.25) is 0 Å². The fraction of sp³-hybridized carbons (Fsp3) is 0.342. The van der Waals surface area contributed by atoms with Gasteiger partial charge < -0.3 is 4.98 Å². The molecule has 92 heavy (non-hydrogen) atoms. The summed E-state index contributed by atoms with van der Waals surface area (Å²) in [6.45, 7) is 49.3. The predicted octanol–water partition coefficient (Wildman–Crippen LogP) is 19.8. The summed E-state index contributed by atoms with van der Waals surface area (Å²) in [6.07, 6.45) is 32.9. The van der Waals surface area contributed by atoms with Crippen LogP contribution >= 0.6 is 0 Å². The summed E-state index contributed by atoms with van der Waals surface area (Å²) in [5, 5.41) is 7.52. The number of allylic oxidation sites excluding steroid dienone is 8. The molecule has 8 aromatic heterocycles. The molecular weight excluding hydrogens is 1130 g/mol. The van der Waals surface area contributed by atoms with Gasteiger partial charge in [-0.25, -0.2) is 9.97 Å².